The molecule has 86 valence electrons. The molecule has 0 aliphatic carbocycles. The summed E-state index contributed by atoms with van der Waals surface area (Å²) in [5, 5.41) is 11.3. The van der Waals surface area contributed by atoms with Crippen molar-refractivity contribution in [2.24, 2.45) is 0 Å². The van der Waals surface area contributed by atoms with Gasteiger partial charge in [0.1, 0.15) is 0 Å². The van der Waals surface area contributed by atoms with Gasteiger partial charge < -0.3 is 15.2 Å². The molecule has 6 heteroatoms. The van der Waals surface area contributed by atoms with E-state index < -0.39 is 12.6 Å². The first-order valence-corrected chi connectivity index (χ1v) is 4.39. The van der Waals surface area contributed by atoms with Crippen molar-refractivity contribution in [2.45, 2.75) is 25.1 Å². The average molecular weight is 215 g/mol. The van der Waals surface area contributed by atoms with Crippen LogP contribution in [0.25, 0.3) is 0 Å². The molecule has 0 aromatic rings. The van der Waals surface area contributed by atoms with Crippen LogP contribution in [0.3, 0.4) is 0 Å². The summed E-state index contributed by atoms with van der Waals surface area (Å²) in [7, 11) is 1.47. The van der Waals surface area contributed by atoms with E-state index in [-0.39, 0.29) is 19.2 Å². The van der Waals surface area contributed by atoms with E-state index in [9.17, 15) is 13.2 Å². The van der Waals surface area contributed by atoms with Crippen molar-refractivity contribution in [3.63, 3.8) is 0 Å². The normalized spacial score (nSPS) is 14.4. The molecule has 0 fully saturated rings. The van der Waals surface area contributed by atoms with Crippen molar-refractivity contribution in [3.8, 4) is 0 Å². The molecule has 2 N–H and O–H groups in total. The van der Waals surface area contributed by atoms with E-state index in [0.717, 1.165) is 0 Å². The van der Waals surface area contributed by atoms with Gasteiger partial charge in [0.2, 0.25) is 0 Å². The fraction of sp³-hybridized carbons (Fsp3) is 1.00. The number of ether oxygens (including phenoxy) is 1. The Morgan fingerprint density at radius 2 is 2.07 bits per heavy atom. The second-order valence-corrected chi connectivity index (χ2v) is 2.98. The molecule has 0 radical (unpaired) electrons. The molecule has 1 unspecified atom stereocenters. The molecule has 3 nitrogen and oxygen atoms in total. The minimum Gasteiger partial charge on any atom is -0.396 e. The van der Waals surface area contributed by atoms with E-state index in [2.05, 4.69) is 5.32 Å². The van der Waals surface area contributed by atoms with Crippen molar-refractivity contribution in [1.29, 1.82) is 0 Å². The third-order valence-corrected chi connectivity index (χ3v) is 1.69. The zero-order valence-electron chi connectivity index (χ0n) is 8.10. The first kappa shape index (κ1) is 13.7. The molecule has 0 heterocycles. The molecule has 0 aromatic carbocycles. The minimum absolute atomic E-state index is 0.0625. The minimum atomic E-state index is -4.14. The van der Waals surface area contributed by atoms with Crippen molar-refractivity contribution < 1.29 is 23.0 Å². The molecular formula is C8H16F3NO2. The summed E-state index contributed by atoms with van der Waals surface area (Å²) in [5.41, 5.74) is 0. The highest BCUT2D eigenvalue weighted by molar-refractivity contribution is 4.66. The highest BCUT2D eigenvalue weighted by atomic mass is 19.4. The summed E-state index contributed by atoms with van der Waals surface area (Å²) >= 11 is 0. The van der Waals surface area contributed by atoms with Gasteiger partial charge in [0.05, 0.1) is 13.0 Å². The summed E-state index contributed by atoms with van der Waals surface area (Å²) in [4.78, 5) is 0. The van der Waals surface area contributed by atoms with E-state index in [1.165, 1.54) is 7.11 Å². The van der Waals surface area contributed by atoms with Crippen molar-refractivity contribution in [2.75, 3.05) is 26.9 Å². The number of aliphatic hydroxyl groups excluding tert-OH is 1. The summed E-state index contributed by atoms with van der Waals surface area (Å²) in [6, 6.07) is -0.215. The third kappa shape index (κ3) is 8.28. The van der Waals surface area contributed by atoms with Crippen LogP contribution in [0.4, 0.5) is 13.2 Å². The molecule has 0 aromatic heterocycles. The average Bonchev–Trinajstić information content (AvgIpc) is 2.02. The number of hydrogen-bond acceptors (Lipinski definition) is 3. The number of methoxy groups -OCH3 is 1. The Balaban J connectivity index is 3.60. The molecule has 14 heavy (non-hydrogen) atoms. The van der Waals surface area contributed by atoms with Crippen LogP contribution in [0.5, 0.6) is 0 Å². The lowest BCUT2D eigenvalue weighted by molar-refractivity contribution is -0.133. The van der Waals surface area contributed by atoms with Crippen molar-refractivity contribution in [3.05, 3.63) is 0 Å². The van der Waals surface area contributed by atoms with Gasteiger partial charge >= 0.3 is 6.18 Å². The first-order chi connectivity index (χ1) is 6.49. The smallest absolute Gasteiger partial charge is 0.390 e. The van der Waals surface area contributed by atoms with Gasteiger partial charge in [-0.3, -0.25) is 0 Å². The van der Waals surface area contributed by atoms with Gasteiger partial charge in [0.25, 0.3) is 0 Å². The molecule has 1 atom stereocenters. The molecular weight excluding hydrogens is 199 g/mol. The third-order valence-electron chi connectivity index (χ3n) is 1.69. The lowest BCUT2D eigenvalue weighted by atomic mass is 10.2. The second kappa shape index (κ2) is 7.03. The molecule has 0 aliphatic rings. The van der Waals surface area contributed by atoms with Gasteiger partial charge in [-0.1, -0.05) is 0 Å². The SMILES string of the molecule is COCC(CCO)NCCC(F)(F)F. The van der Waals surface area contributed by atoms with Gasteiger partial charge in [0, 0.05) is 26.3 Å². The molecule has 0 bridgehead atoms. The lowest BCUT2D eigenvalue weighted by Crippen LogP contribution is -2.36. The number of nitrogens with one attached hydrogen (secondary N) is 1. The van der Waals surface area contributed by atoms with Crippen LogP contribution < -0.4 is 5.32 Å². The van der Waals surface area contributed by atoms with Crippen molar-refractivity contribution >= 4 is 0 Å². The Morgan fingerprint density at radius 3 is 2.50 bits per heavy atom. The van der Waals surface area contributed by atoms with Gasteiger partial charge in [-0.15, -0.1) is 0 Å². The highest BCUT2D eigenvalue weighted by Gasteiger charge is 2.26. The first-order valence-electron chi connectivity index (χ1n) is 4.39. The molecule has 0 rings (SSSR count). The Bertz CT molecular complexity index is 135. The second-order valence-electron chi connectivity index (χ2n) is 2.98. The largest absolute Gasteiger partial charge is 0.396 e. The molecule has 0 spiro atoms. The van der Waals surface area contributed by atoms with Gasteiger partial charge in [-0.05, 0) is 6.42 Å². The zero-order chi connectivity index (χ0) is 11.0. The van der Waals surface area contributed by atoms with Gasteiger partial charge in [0.15, 0.2) is 0 Å². The highest BCUT2D eigenvalue weighted by Crippen LogP contribution is 2.18. The summed E-state index contributed by atoms with van der Waals surface area (Å²) in [6.07, 6.45) is -4.60. The molecule has 0 amide bonds. The Kier molecular flexibility index (Phi) is 6.86. The van der Waals surface area contributed by atoms with Gasteiger partial charge in [-0.2, -0.15) is 13.2 Å². The quantitative estimate of drug-likeness (QED) is 0.663. The van der Waals surface area contributed by atoms with Crippen LogP contribution in [-0.4, -0.2) is 44.2 Å². The lowest BCUT2D eigenvalue weighted by Gasteiger charge is -2.17. The summed E-state index contributed by atoms with van der Waals surface area (Å²) < 4.78 is 40.1. The number of aliphatic hydroxyl groups is 1. The predicted molar refractivity (Wildman–Crippen MR) is 46.0 cm³/mol. The van der Waals surface area contributed by atoms with E-state index in [0.29, 0.717) is 13.0 Å². The van der Waals surface area contributed by atoms with Crippen LogP contribution in [0.1, 0.15) is 12.8 Å². The Labute approximate surface area is 81.2 Å². The molecule has 0 aliphatic heterocycles. The standard InChI is InChI=1S/C8H16F3NO2/c1-14-6-7(2-5-13)12-4-3-8(9,10)11/h7,12-13H,2-6H2,1H3. The molecule has 0 saturated carbocycles. The Hall–Kier alpha value is -0.330. The van der Waals surface area contributed by atoms with Crippen LogP contribution in [0.2, 0.25) is 0 Å². The maximum absolute atomic E-state index is 11.8. The van der Waals surface area contributed by atoms with Crippen LogP contribution >= 0.6 is 0 Å². The Morgan fingerprint density at radius 1 is 1.43 bits per heavy atom. The molecule has 0 saturated heterocycles. The number of halogens is 3. The topological polar surface area (TPSA) is 41.5 Å². The fourth-order valence-corrected chi connectivity index (χ4v) is 1.02. The van der Waals surface area contributed by atoms with Crippen molar-refractivity contribution in [1.82, 2.24) is 5.32 Å². The monoisotopic (exact) mass is 215 g/mol. The van der Waals surface area contributed by atoms with E-state index in [1.807, 2.05) is 0 Å². The summed E-state index contributed by atoms with van der Waals surface area (Å²) in [5.74, 6) is 0. The summed E-state index contributed by atoms with van der Waals surface area (Å²) in [6.45, 7) is 0.100. The number of rotatable bonds is 7. The van der Waals surface area contributed by atoms with Crippen LogP contribution in [-0.2, 0) is 4.74 Å². The number of alkyl halides is 3. The van der Waals surface area contributed by atoms with E-state index in [4.69, 9.17) is 9.84 Å². The zero-order valence-corrected chi connectivity index (χ0v) is 8.10. The van der Waals surface area contributed by atoms with Gasteiger partial charge in [-0.25, -0.2) is 0 Å². The maximum Gasteiger partial charge on any atom is 0.390 e. The number of hydrogen-bond donors (Lipinski definition) is 2. The van der Waals surface area contributed by atoms with E-state index in [1.54, 1.807) is 0 Å². The van der Waals surface area contributed by atoms with E-state index >= 15 is 0 Å². The fourth-order valence-electron chi connectivity index (χ4n) is 1.02. The van der Waals surface area contributed by atoms with Crippen LogP contribution in [0.15, 0.2) is 0 Å². The van der Waals surface area contributed by atoms with Crippen LogP contribution in [0, 0.1) is 0 Å². The maximum atomic E-state index is 11.8. The predicted octanol–water partition coefficient (Wildman–Crippen LogP) is 0.926.